The summed E-state index contributed by atoms with van der Waals surface area (Å²) < 4.78 is 0. The van der Waals surface area contributed by atoms with Crippen LogP contribution in [0.2, 0.25) is 0 Å². The first-order chi connectivity index (χ1) is 15.4. The van der Waals surface area contributed by atoms with E-state index in [1.807, 2.05) is 34.6 Å². The summed E-state index contributed by atoms with van der Waals surface area (Å²) in [6, 6.07) is 4.38. The van der Waals surface area contributed by atoms with Gasteiger partial charge in [-0.25, -0.2) is 4.98 Å². The molecule has 1 aromatic heterocycles. The molecule has 1 heterocycles. The van der Waals surface area contributed by atoms with Gasteiger partial charge in [-0.2, -0.15) is 0 Å². The van der Waals surface area contributed by atoms with E-state index < -0.39 is 29.3 Å². The van der Waals surface area contributed by atoms with Crippen molar-refractivity contribution in [3.8, 4) is 0 Å². The number of nitrogens with zero attached hydrogens (tertiary/aromatic N) is 1. The Morgan fingerprint density at radius 3 is 2.21 bits per heavy atom. The zero-order valence-corrected chi connectivity index (χ0v) is 20.9. The number of anilines is 1. The van der Waals surface area contributed by atoms with Gasteiger partial charge < -0.3 is 15.7 Å². The molecule has 184 valence electrons. The zero-order valence-electron chi connectivity index (χ0n) is 20.9. The fourth-order valence-electron chi connectivity index (χ4n) is 4.83. The third kappa shape index (κ3) is 7.83. The van der Waals surface area contributed by atoms with Crippen molar-refractivity contribution < 1.29 is 19.5 Å². The van der Waals surface area contributed by atoms with Gasteiger partial charge in [0, 0.05) is 6.20 Å². The fraction of sp³-hybridized carbons (Fsp3) is 0.692. The highest BCUT2D eigenvalue weighted by Gasteiger charge is 2.43. The summed E-state index contributed by atoms with van der Waals surface area (Å²) in [5.74, 6) is -1.95. The van der Waals surface area contributed by atoms with Gasteiger partial charge in [0.25, 0.3) is 0 Å². The highest BCUT2D eigenvalue weighted by atomic mass is 16.4. The maximum Gasteiger partial charge on any atom is 0.307 e. The van der Waals surface area contributed by atoms with Crippen LogP contribution in [0.1, 0.15) is 73.6 Å². The number of hydrogen-bond acceptors (Lipinski definition) is 4. The van der Waals surface area contributed by atoms with E-state index in [-0.39, 0.29) is 23.7 Å². The van der Waals surface area contributed by atoms with Crippen molar-refractivity contribution >= 4 is 23.6 Å². The van der Waals surface area contributed by atoms with Crippen molar-refractivity contribution in [2.45, 2.75) is 79.7 Å². The zero-order chi connectivity index (χ0) is 24.8. The highest BCUT2D eigenvalue weighted by Crippen LogP contribution is 2.39. The summed E-state index contributed by atoms with van der Waals surface area (Å²) >= 11 is 0. The Bertz CT molecular complexity index is 796. The van der Waals surface area contributed by atoms with Gasteiger partial charge in [-0.1, -0.05) is 60.5 Å². The van der Waals surface area contributed by atoms with Crippen molar-refractivity contribution in [2.75, 3.05) is 5.32 Å². The lowest BCUT2D eigenvalue weighted by atomic mass is 9.69. The predicted molar refractivity (Wildman–Crippen MR) is 129 cm³/mol. The summed E-state index contributed by atoms with van der Waals surface area (Å²) in [5.41, 5.74) is -0.574. The molecule has 2 unspecified atom stereocenters. The minimum atomic E-state index is -0.916. The monoisotopic (exact) mass is 459 g/mol. The van der Waals surface area contributed by atoms with E-state index >= 15 is 0 Å². The molecule has 0 aromatic carbocycles. The molecule has 2 amide bonds. The SMILES string of the molecule is CC(C)CC(C(=O)NC(C(=O)Nc1ccccn1)C(C)(C)C)[C@@H](C(=O)O)C1CCC(C)CC1. The first kappa shape index (κ1) is 26.8. The number of aromatic nitrogens is 1. The van der Waals surface area contributed by atoms with Gasteiger partial charge in [-0.3, -0.25) is 14.4 Å². The van der Waals surface area contributed by atoms with E-state index in [1.165, 1.54) is 0 Å². The molecule has 1 aliphatic carbocycles. The van der Waals surface area contributed by atoms with Crippen molar-refractivity contribution in [1.82, 2.24) is 10.3 Å². The molecular formula is C26H41N3O4. The van der Waals surface area contributed by atoms with Crippen molar-refractivity contribution in [2.24, 2.45) is 35.0 Å². The topological polar surface area (TPSA) is 108 Å². The standard InChI is InChI=1S/C26H41N3O4/c1-16(2)15-19(21(25(32)33)18-12-10-17(3)11-13-18)23(30)29-22(26(4,5)6)24(31)28-20-9-7-8-14-27-20/h7-9,14,16-19,21-22H,10-13,15H2,1-6H3,(H,29,30)(H,32,33)(H,27,28,31)/t17?,18?,19?,21-,22?/m0/s1. The second kappa shape index (κ2) is 11.6. The van der Waals surface area contributed by atoms with E-state index in [0.29, 0.717) is 18.2 Å². The van der Waals surface area contributed by atoms with Gasteiger partial charge in [0.05, 0.1) is 11.8 Å². The van der Waals surface area contributed by atoms with Crippen LogP contribution in [0.15, 0.2) is 24.4 Å². The smallest absolute Gasteiger partial charge is 0.307 e. The Balaban J connectivity index is 2.27. The molecule has 33 heavy (non-hydrogen) atoms. The summed E-state index contributed by atoms with van der Waals surface area (Å²) in [5, 5.41) is 15.9. The molecule has 1 fully saturated rings. The van der Waals surface area contributed by atoms with Crippen LogP contribution in [0.3, 0.4) is 0 Å². The largest absolute Gasteiger partial charge is 0.481 e. The van der Waals surface area contributed by atoms with Crippen LogP contribution in [0.5, 0.6) is 0 Å². The summed E-state index contributed by atoms with van der Waals surface area (Å²) in [6.07, 6.45) is 5.67. The van der Waals surface area contributed by atoms with Crippen LogP contribution in [-0.2, 0) is 14.4 Å². The van der Waals surface area contributed by atoms with Crippen LogP contribution >= 0.6 is 0 Å². The number of carboxylic acid groups (broad SMARTS) is 1. The number of amides is 2. The number of aliphatic carboxylic acids is 1. The summed E-state index contributed by atoms with van der Waals surface area (Å²) in [4.78, 5) is 43.2. The number of hydrogen-bond donors (Lipinski definition) is 3. The first-order valence-corrected chi connectivity index (χ1v) is 12.1. The molecule has 1 aliphatic rings. The molecular weight excluding hydrogens is 418 g/mol. The Morgan fingerprint density at radius 1 is 1.09 bits per heavy atom. The predicted octanol–water partition coefficient (Wildman–Crippen LogP) is 4.74. The molecule has 0 aliphatic heterocycles. The quantitative estimate of drug-likeness (QED) is 0.494. The Kier molecular flexibility index (Phi) is 9.44. The van der Waals surface area contributed by atoms with Gasteiger partial charge in [-0.05, 0) is 54.6 Å². The molecule has 3 atom stereocenters. The molecule has 0 bridgehead atoms. The van der Waals surface area contributed by atoms with Crippen LogP contribution in [-0.4, -0.2) is 33.9 Å². The Hall–Kier alpha value is -2.44. The number of carbonyl (C=O) groups excluding carboxylic acids is 2. The number of pyridine rings is 1. The molecule has 0 spiro atoms. The van der Waals surface area contributed by atoms with Crippen molar-refractivity contribution in [3.05, 3.63) is 24.4 Å². The van der Waals surface area contributed by atoms with E-state index in [2.05, 4.69) is 22.5 Å². The maximum atomic E-state index is 13.6. The second-order valence-electron chi connectivity index (χ2n) is 11.1. The minimum Gasteiger partial charge on any atom is -0.481 e. The minimum absolute atomic E-state index is 0.0244. The number of nitrogens with one attached hydrogen (secondary N) is 2. The van der Waals surface area contributed by atoms with Gasteiger partial charge in [0.1, 0.15) is 11.9 Å². The Morgan fingerprint density at radius 2 is 1.73 bits per heavy atom. The summed E-state index contributed by atoms with van der Waals surface area (Å²) in [7, 11) is 0. The highest BCUT2D eigenvalue weighted by molar-refractivity contribution is 5.97. The molecule has 0 saturated heterocycles. The number of rotatable bonds is 9. The first-order valence-electron chi connectivity index (χ1n) is 12.1. The van der Waals surface area contributed by atoms with Gasteiger partial charge >= 0.3 is 5.97 Å². The lowest BCUT2D eigenvalue weighted by Gasteiger charge is -2.37. The van der Waals surface area contributed by atoms with Gasteiger partial charge in [0.15, 0.2) is 0 Å². The normalized spacial score (nSPS) is 21.7. The van der Waals surface area contributed by atoms with Gasteiger partial charge in [0.2, 0.25) is 11.8 Å². The Labute approximate surface area is 198 Å². The van der Waals surface area contributed by atoms with Crippen LogP contribution < -0.4 is 10.6 Å². The van der Waals surface area contributed by atoms with E-state index in [9.17, 15) is 19.5 Å². The van der Waals surface area contributed by atoms with Crippen LogP contribution in [0.4, 0.5) is 5.82 Å². The van der Waals surface area contributed by atoms with Crippen molar-refractivity contribution in [1.29, 1.82) is 0 Å². The third-order valence-corrected chi connectivity index (χ3v) is 6.68. The molecule has 2 rings (SSSR count). The molecule has 7 heteroatoms. The molecule has 7 nitrogen and oxygen atoms in total. The average molecular weight is 460 g/mol. The summed E-state index contributed by atoms with van der Waals surface area (Å²) in [6.45, 7) is 11.8. The lowest BCUT2D eigenvalue weighted by molar-refractivity contribution is -0.151. The molecule has 1 saturated carbocycles. The molecule has 3 N–H and O–H groups in total. The third-order valence-electron chi connectivity index (χ3n) is 6.68. The van der Waals surface area contributed by atoms with Crippen molar-refractivity contribution in [3.63, 3.8) is 0 Å². The molecule has 1 aromatic rings. The second-order valence-corrected chi connectivity index (χ2v) is 11.1. The van der Waals surface area contributed by atoms with E-state index in [1.54, 1.807) is 24.4 Å². The number of carboxylic acids is 1. The number of carbonyl (C=O) groups is 3. The average Bonchev–Trinajstić information content (AvgIpc) is 2.72. The van der Waals surface area contributed by atoms with E-state index in [0.717, 1.165) is 25.7 Å². The molecule has 0 radical (unpaired) electrons. The maximum absolute atomic E-state index is 13.6. The fourth-order valence-corrected chi connectivity index (χ4v) is 4.83. The lowest BCUT2D eigenvalue weighted by Crippen LogP contribution is -2.54. The van der Waals surface area contributed by atoms with Crippen LogP contribution in [0.25, 0.3) is 0 Å². The van der Waals surface area contributed by atoms with Crippen LogP contribution in [0, 0.1) is 35.0 Å². The van der Waals surface area contributed by atoms with Gasteiger partial charge in [-0.15, -0.1) is 0 Å². The van der Waals surface area contributed by atoms with E-state index in [4.69, 9.17) is 0 Å².